The number of ether oxygens (including phenoxy) is 2. The lowest BCUT2D eigenvalue weighted by molar-refractivity contribution is -0.114. The summed E-state index contributed by atoms with van der Waals surface area (Å²) < 4.78 is 44.7. The van der Waals surface area contributed by atoms with Gasteiger partial charge in [0.25, 0.3) is 5.92 Å². The molecule has 0 bridgehead atoms. The van der Waals surface area contributed by atoms with E-state index >= 15 is 0 Å². The second-order valence-corrected chi connectivity index (χ2v) is 11.2. The van der Waals surface area contributed by atoms with Crippen LogP contribution in [0.4, 0.5) is 26.4 Å². The Morgan fingerprint density at radius 3 is 2.56 bits per heavy atom. The molecule has 5 heterocycles. The van der Waals surface area contributed by atoms with Crippen molar-refractivity contribution in [1.29, 1.82) is 0 Å². The van der Waals surface area contributed by atoms with E-state index in [2.05, 4.69) is 30.7 Å². The molecule has 0 aromatic carbocycles. The van der Waals surface area contributed by atoms with Gasteiger partial charge in [-0.15, -0.1) is 0 Å². The Labute approximate surface area is 235 Å². The third kappa shape index (κ3) is 5.51. The number of nitrogens with zero attached hydrogens (tertiary/aromatic N) is 7. The summed E-state index contributed by atoms with van der Waals surface area (Å²) in [5.41, 5.74) is 1.18. The van der Waals surface area contributed by atoms with Gasteiger partial charge in [0.05, 0.1) is 19.9 Å². The molecular weight excluding hydrogens is 536 g/mol. The monoisotopic (exact) mass is 569 g/mol. The summed E-state index contributed by atoms with van der Waals surface area (Å²) in [5, 5.41) is 10.4. The summed E-state index contributed by atoms with van der Waals surface area (Å²) >= 11 is 0. The van der Waals surface area contributed by atoms with Crippen molar-refractivity contribution in [2.45, 2.75) is 45.1 Å². The van der Waals surface area contributed by atoms with E-state index in [9.17, 15) is 13.6 Å². The second-order valence-electron chi connectivity index (χ2n) is 11.2. The van der Waals surface area contributed by atoms with E-state index in [0.29, 0.717) is 51.7 Å². The van der Waals surface area contributed by atoms with Crippen molar-refractivity contribution in [3.05, 3.63) is 36.3 Å². The first kappa shape index (κ1) is 28.2. The van der Waals surface area contributed by atoms with Gasteiger partial charge in [-0.1, -0.05) is 20.8 Å². The second kappa shape index (κ2) is 10.3. The molecule has 41 heavy (non-hydrogen) atoms. The van der Waals surface area contributed by atoms with Crippen LogP contribution in [0.5, 0.6) is 17.2 Å². The Kier molecular flexibility index (Phi) is 7.05. The van der Waals surface area contributed by atoms with Crippen LogP contribution in [0.2, 0.25) is 0 Å². The third-order valence-corrected chi connectivity index (χ3v) is 6.78. The molecule has 0 saturated carbocycles. The van der Waals surface area contributed by atoms with Gasteiger partial charge >= 0.3 is 0 Å². The number of hydrogen-bond acceptors (Lipinski definition) is 9. The normalized spacial score (nSPS) is 17.1. The maximum absolute atomic E-state index is 14.9. The Balaban J connectivity index is 1.49. The smallest absolute Gasteiger partial charge is 0.283 e. The number of carbonyl (C=O) groups excluding carboxylic acids is 1. The lowest BCUT2D eigenvalue weighted by Crippen LogP contribution is -2.33. The van der Waals surface area contributed by atoms with Crippen molar-refractivity contribution < 1.29 is 23.0 Å². The Bertz CT molecular complexity index is 1610. The van der Waals surface area contributed by atoms with Gasteiger partial charge < -0.3 is 24.7 Å². The highest BCUT2D eigenvalue weighted by molar-refractivity contribution is 5.88. The minimum Gasteiger partial charge on any atom is -0.491 e. The van der Waals surface area contributed by atoms with Gasteiger partial charge in [0.15, 0.2) is 23.0 Å². The van der Waals surface area contributed by atoms with E-state index in [1.807, 2.05) is 20.8 Å². The number of hydrogen-bond donors (Lipinski definition) is 2. The Morgan fingerprint density at radius 2 is 1.93 bits per heavy atom. The van der Waals surface area contributed by atoms with Crippen molar-refractivity contribution in [3.8, 4) is 17.2 Å². The summed E-state index contributed by atoms with van der Waals surface area (Å²) in [7, 11) is 4.96. The zero-order valence-corrected chi connectivity index (χ0v) is 24.0. The first-order valence-electron chi connectivity index (χ1n) is 13.0. The van der Waals surface area contributed by atoms with Crippen LogP contribution in [-0.4, -0.2) is 73.3 Å². The molecule has 4 aromatic rings. The standard InChI is InChI=1S/C27H33F2N9O3/c1-15(39)32-20-10-16(8-9-30-20)41-17-12-31-24-22(23(17)40-7)37(6)25(34-24)33-21-11-18(26(2,3)4)38(35-21)19-13-36(5)14-27(19,28)29/h8-12,19H,13-14H2,1-7H3,(H,30,32,39)(H,31,33,34,35)/t19-/m0/s1. The van der Waals surface area contributed by atoms with E-state index in [4.69, 9.17) is 9.47 Å². The van der Waals surface area contributed by atoms with Crippen LogP contribution in [-0.2, 0) is 17.3 Å². The van der Waals surface area contributed by atoms with Crippen LogP contribution < -0.4 is 20.1 Å². The van der Waals surface area contributed by atoms with Crippen molar-refractivity contribution in [2.24, 2.45) is 7.05 Å². The highest BCUT2D eigenvalue weighted by Gasteiger charge is 2.49. The number of halogens is 2. The molecule has 2 N–H and O–H groups in total. The third-order valence-electron chi connectivity index (χ3n) is 6.78. The molecule has 1 atom stereocenters. The van der Waals surface area contributed by atoms with E-state index in [0.717, 1.165) is 0 Å². The molecule has 1 amide bonds. The maximum atomic E-state index is 14.9. The lowest BCUT2D eigenvalue weighted by Gasteiger charge is -2.26. The number of imidazole rings is 1. The number of likely N-dealkylation sites (tertiary alicyclic amines) is 1. The summed E-state index contributed by atoms with van der Waals surface area (Å²) in [5.74, 6) is -0.941. The highest BCUT2D eigenvalue weighted by atomic mass is 19.3. The number of carbonyl (C=O) groups is 1. The minimum atomic E-state index is -2.92. The molecule has 1 aliphatic rings. The van der Waals surface area contributed by atoms with Crippen LogP contribution in [0.3, 0.4) is 0 Å². The molecular formula is C27H33F2N9O3. The van der Waals surface area contributed by atoms with Crippen LogP contribution >= 0.6 is 0 Å². The van der Waals surface area contributed by atoms with Gasteiger partial charge in [-0.25, -0.2) is 18.7 Å². The summed E-state index contributed by atoms with van der Waals surface area (Å²) in [6.07, 6.45) is 3.00. The number of aryl methyl sites for hydroxylation is 1. The fourth-order valence-corrected chi connectivity index (χ4v) is 4.94. The molecule has 0 aliphatic carbocycles. The Morgan fingerprint density at radius 1 is 1.17 bits per heavy atom. The molecule has 1 fully saturated rings. The summed E-state index contributed by atoms with van der Waals surface area (Å²) in [4.78, 5) is 26.1. The van der Waals surface area contributed by atoms with Crippen LogP contribution in [0.25, 0.3) is 11.2 Å². The number of pyridine rings is 2. The van der Waals surface area contributed by atoms with Crippen LogP contribution in [0.15, 0.2) is 30.6 Å². The van der Waals surface area contributed by atoms with E-state index in [1.54, 1.807) is 41.8 Å². The molecule has 1 saturated heterocycles. The molecule has 0 unspecified atom stereocenters. The van der Waals surface area contributed by atoms with Crippen LogP contribution in [0, 0.1) is 0 Å². The predicted molar refractivity (Wildman–Crippen MR) is 149 cm³/mol. The van der Waals surface area contributed by atoms with Crippen molar-refractivity contribution in [3.63, 3.8) is 0 Å². The van der Waals surface area contributed by atoms with Gasteiger partial charge in [0.1, 0.15) is 23.1 Å². The minimum absolute atomic E-state index is 0.192. The molecule has 0 radical (unpaired) electrons. The SMILES string of the molecule is COc1c(Oc2ccnc(NC(C)=O)c2)cnc2nc(Nc3cc(C(C)(C)C)n([C@H]4CN(C)CC4(F)F)n3)n(C)c12. The van der Waals surface area contributed by atoms with E-state index in [1.165, 1.54) is 31.1 Å². The van der Waals surface area contributed by atoms with Gasteiger partial charge in [0.2, 0.25) is 11.9 Å². The fraction of sp³-hybridized carbons (Fsp3) is 0.444. The van der Waals surface area contributed by atoms with Crippen molar-refractivity contribution in [2.75, 3.05) is 37.9 Å². The lowest BCUT2D eigenvalue weighted by atomic mass is 9.91. The van der Waals surface area contributed by atoms with Crippen molar-refractivity contribution in [1.82, 2.24) is 34.2 Å². The molecule has 14 heteroatoms. The molecule has 0 spiro atoms. The quantitative estimate of drug-likeness (QED) is 0.331. The summed E-state index contributed by atoms with van der Waals surface area (Å²) in [6.45, 7) is 7.16. The summed E-state index contributed by atoms with van der Waals surface area (Å²) in [6, 6.07) is 3.91. The molecule has 218 valence electrons. The molecule has 5 rings (SSSR count). The number of anilines is 3. The zero-order valence-electron chi connectivity index (χ0n) is 24.0. The van der Waals surface area contributed by atoms with Crippen molar-refractivity contribution >= 4 is 34.7 Å². The van der Waals surface area contributed by atoms with E-state index < -0.39 is 17.4 Å². The largest absolute Gasteiger partial charge is 0.491 e. The van der Waals surface area contributed by atoms with Gasteiger partial charge in [-0.3, -0.25) is 14.4 Å². The number of alkyl halides is 2. The fourth-order valence-electron chi connectivity index (χ4n) is 4.94. The average molecular weight is 570 g/mol. The highest BCUT2D eigenvalue weighted by Crippen LogP contribution is 2.41. The van der Waals surface area contributed by atoms with E-state index in [-0.39, 0.29) is 19.0 Å². The van der Waals surface area contributed by atoms with Gasteiger partial charge in [-0.2, -0.15) is 10.1 Å². The predicted octanol–water partition coefficient (Wildman–Crippen LogP) is 4.48. The van der Waals surface area contributed by atoms with Gasteiger partial charge in [0, 0.05) is 50.0 Å². The molecule has 12 nitrogen and oxygen atoms in total. The number of methoxy groups -OCH3 is 1. The number of fused-ring (bicyclic) bond motifs is 1. The molecule has 1 aliphatic heterocycles. The zero-order chi connectivity index (χ0) is 29.7. The first-order chi connectivity index (χ1) is 19.3. The number of aromatic nitrogens is 6. The average Bonchev–Trinajstić information content (AvgIpc) is 3.51. The Hall–Kier alpha value is -4.33. The van der Waals surface area contributed by atoms with Crippen LogP contribution in [0.1, 0.15) is 39.4 Å². The van der Waals surface area contributed by atoms with Gasteiger partial charge in [-0.05, 0) is 13.1 Å². The number of nitrogens with one attached hydrogen (secondary N) is 2. The number of rotatable bonds is 7. The first-order valence-corrected chi connectivity index (χ1v) is 13.0. The number of amides is 1. The maximum Gasteiger partial charge on any atom is 0.283 e. The topological polar surface area (TPSA) is 124 Å². The molecule has 4 aromatic heterocycles. The number of likely N-dealkylation sites (N-methyl/N-ethyl adjacent to an activating group) is 1.